The molecule has 0 bridgehead atoms. The molecule has 408 valence electrons. The summed E-state index contributed by atoms with van der Waals surface area (Å²) in [6.07, 6.45) is 8.46. The fraction of sp³-hybridized carbons (Fsp3) is 0.414. The van der Waals surface area contributed by atoms with Gasteiger partial charge in [-0.15, -0.1) is 0 Å². The molecule has 2 aliphatic heterocycles. The van der Waals surface area contributed by atoms with Crippen LogP contribution in [-0.2, 0) is 22.7 Å². The van der Waals surface area contributed by atoms with Gasteiger partial charge in [-0.25, -0.2) is 19.6 Å². The van der Waals surface area contributed by atoms with E-state index < -0.39 is 11.9 Å². The molecular weight excluding hydrogens is 1130 g/mol. The van der Waals surface area contributed by atoms with Crippen molar-refractivity contribution >= 4 is 112 Å². The minimum atomic E-state index is -1.01. The van der Waals surface area contributed by atoms with Crippen LogP contribution in [0.3, 0.4) is 0 Å². The second-order valence-corrected chi connectivity index (χ2v) is 26.4. The van der Waals surface area contributed by atoms with Crippen molar-refractivity contribution in [3.8, 4) is 28.3 Å². The number of halogens is 4. The van der Waals surface area contributed by atoms with E-state index in [-0.39, 0.29) is 64.6 Å². The monoisotopic (exact) mass is 1180 g/mol. The predicted molar refractivity (Wildman–Crippen MR) is 304 cm³/mol. The third kappa shape index (κ3) is 9.15. The highest BCUT2D eigenvalue weighted by molar-refractivity contribution is 7.22. The maximum absolute atomic E-state index is 11.8. The molecule has 0 amide bonds. The fourth-order valence-corrected chi connectivity index (χ4v) is 16.6. The molecule has 4 saturated carbocycles. The molecule has 6 aliphatic rings. The number of methoxy groups -OCH3 is 1. The Balaban J connectivity index is 0.667. The third-order valence-electron chi connectivity index (χ3n) is 17.5. The molecule has 6 fully saturated rings. The maximum Gasteiger partial charge on any atom is 0.335 e. The number of carbonyl (C=O) groups is 2. The normalized spacial score (nSPS) is 25.3. The molecule has 14 rings (SSSR count). The number of benzene rings is 4. The Hall–Kier alpha value is -5.50. The minimum Gasteiger partial charge on any atom is -0.494 e. The topological polar surface area (TPSA) is 187 Å². The van der Waals surface area contributed by atoms with Gasteiger partial charge in [0, 0.05) is 59.8 Å². The molecule has 15 nitrogen and oxygen atoms in total. The van der Waals surface area contributed by atoms with Crippen molar-refractivity contribution in [3.05, 3.63) is 120 Å². The zero-order valence-electron chi connectivity index (χ0n) is 42.9. The zero-order chi connectivity index (χ0) is 54.2. The van der Waals surface area contributed by atoms with E-state index in [4.69, 9.17) is 79.6 Å². The summed E-state index contributed by atoms with van der Waals surface area (Å²) in [6, 6.07) is 17.9. The highest BCUT2D eigenvalue weighted by Crippen LogP contribution is 2.61. The summed E-state index contributed by atoms with van der Waals surface area (Å²) in [4.78, 5) is 37.9. The number of fused-ring (bicyclic) bond motifs is 2. The van der Waals surface area contributed by atoms with Crippen LogP contribution in [0.2, 0.25) is 20.1 Å². The van der Waals surface area contributed by atoms with Gasteiger partial charge in [0.25, 0.3) is 0 Å². The van der Waals surface area contributed by atoms with Gasteiger partial charge in [-0.05, 0) is 136 Å². The molecule has 2 spiro atoms. The van der Waals surface area contributed by atoms with E-state index >= 15 is 0 Å². The summed E-state index contributed by atoms with van der Waals surface area (Å²) in [5, 5.41) is 32.2. The van der Waals surface area contributed by atoms with Gasteiger partial charge < -0.3 is 43.3 Å². The molecular formula is C58H52Cl4N6O9S2. The van der Waals surface area contributed by atoms with Crippen LogP contribution in [-0.4, -0.2) is 87.4 Å². The summed E-state index contributed by atoms with van der Waals surface area (Å²) in [5.74, 6) is 0.232. The number of anilines is 2. The number of hydrogen-bond acceptors (Lipinski definition) is 15. The first kappa shape index (κ1) is 51.6. The number of nitrogens with zero attached hydrogens (tertiary/aromatic N) is 6. The lowest BCUT2D eigenvalue weighted by Crippen LogP contribution is -2.44. The number of hydrogen-bond donors (Lipinski definition) is 2. The van der Waals surface area contributed by atoms with Gasteiger partial charge in [-0.3, -0.25) is 0 Å². The summed E-state index contributed by atoms with van der Waals surface area (Å²) in [6.45, 7) is 5.35. The highest BCUT2D eigenvalue weighted by Gasteiger charge is 2.53. The lowest BCUT2D eigenvalue weighted by Gasteiger charge is -2.44. The van der Waals surface area contributed by atoms with E-state index in [9.17, 15) is 19.8 Å². The molecule has 4 aliphatic carbocycles. The second-order valence-electron chi connectivity index (χ2n) is 22.7. The van der Waals surface area contributed by atoms with Gasteiger partial charge in [-0.2, -0.15) is 0 Å². The maximum atomic E-state index is 11.8. The lowest BCUT2D eigenvalue weighted by atomic mass is 9.65. The van der Waals surface area contributed by atoms with Crippen LogP contribution >= 0.6 is 69.1 Å². The van der Waals surface area contributed by atoms with E-state index in [1.807, 2.05) is 12.1 Å². The number of rotatable bonds is 16. The van der Waals surface area contributed by atoms with Crippen LogP contribution in [0.4, 0.5) is 10.3 Å². The van der Waals surface area contributed by atoms with Crippen molar-refractivity contribution in [1.29, 1.82) is 0 Å². The first-order valence-corrected chi connectivity index (χ1v) is 29.8. The Bertz CT molecular complexity index is 3770. The van der Waals surface area contributed by atoms with Gasteiger partial charge in [0.1, 0.15) is 34.2 Å². The Labute approximate surface area is 481 Å². The minimum absolute atomic E-state index is 0.00577. The van der Waals surface area contributed by atoms with Crippen LogP contribution in [0.1, 0.15) is 131 Å². The number of aromatic nitrogens is 4. The van der Waals surface area contributed by atoms with Crippen molar-refractivity contribution in [2.75, 3.05) is 36.5 Å². The second kappa shape index (κ2) is 19.6. The third-order valence-corrected chi connectivity index (χ3v) is 21.0. The smallest absolute Gasteiger partial charge is 0.335 e. The fourth-order valence-electron chi connectivity index (χ4n) is 13.2. The Morgan fingerprint density at radius 3 is 2.10 bits per heavy atom. The summed E-state index contributed by atoms with van der Waals surface area (Å²) in [5.41, 5.74) is 7.10. The first-order valence-electron chi connectivity index (χ1n) is 26.6. The van der Waals surface area contributed by atoms with E-state index in [2.05, 4.69) is 27.0 Å². The molecule has 0 radical (unpaired) electrons. The first-order chi connectivity index (χ1) is 38.1. The summed E-state index contributed by atoms with van der Waals surface area (Å²) < 4.78 is 33.1. The standard InChI is InChI=1S/C58H52Cl4N6O9S2/c1-27-18-58(26-68(27)56-63-41-11-8-29(53(69)70)15-43(41)78-56)21-32(22-58)74-23-36-49(66-76-51(36)28-6-7-28)46-40(61)10-9-33(47(46)62)34-17-35(34)52-37(48(65-77-52)45-38(59)4-3-5-39(45)60)24-75-31-19-57(20-31)12-13-67(25-57)55-64-50-42(73-2)14-30(54(71)72)16-44(50)79-55/h3-5,8-11,14-16,27-28,31-32,34-35H,6-7,12-13,17-26H2,1-2H3,(H,69,70)(H,71,72)/t27-,31?,32?,34?,35?,57?,58?/m1/s1. The molecule has 2 unspecified atom stereocenters. The molecule has 21 heteroatoms. The average Bonchev–Trinajstić information content (AvgIpc) is 4.17. The van der Waals surface area contributed by atoms with E-state index in [0.717, 1.165) is 125 Å². The van der Waals surface area contributed by atoms with Crippen LogP contribution < -0.4 is 14.5 Å². The summed E-state index contributed by atoms with van der Waals surface area (Å²) >= 11 is 31.3. The molecule has 4 aromatic carbocycles. The van der Waals surface area contributed by atoms with Crippen molar-refractivity contribution in [2.45, 2.75) is 114 Å². The van der Waals surface area contributed by atoms with Crippen LogP contribution in [0, 0.1) is 10.8 Å². The van der Waals surface area contributed by atoms with Crippen LogP contribution in [0.5, 0.6) is 5.75 Å². The molecule has 79 heavy (non-hydrogen) atoms. The van der Waals surface area contributed by atoms with Crippen LogP contribution in [0.15, 0.2) is 69.7 Å². The number of thiazole rings is 2. The van der Waals surface area contributed by atoms with E-state index in [1.165, 1.54) is 24.5 Å². The predicted octanol–water partition coefficient (Wildman–Crippen LogP) is 14.9. The van der Waals surface area contributed by atoms with Crippen molar-refractivity contribution in [2.24, 2.45) is 10.8 Å². The number of carboxylic acids is 2. The Morgan fingerprint density at radius 2 is 1.39 bits per heavy atom. The molecule has 3 atom stereocenters. The van der Waals surface area contributed by atoms with Gasteiger partial charge in [0.15, 0.2) is 10.3 Å². The molecule has 8 aromatic rings. The highest BCUT2D eigenvalue weighted by atomic mass is 35.5. The molecule has 4 aromatic heterocycles. The van der Waals surface area contributed by atoms with Crippen molar-refractivity contribution in [1.82, 2.24) is 20.3 Å². The Kier molecular flexibility index (Phi) is 12.8. The van der Waals surface area contributed by atoms with Gasteiger partial charge in [0.05, 0.1) is 78.7 Å². The SMILES string of the molecule is COc1cc(C(=O)O)cc2sc(N3CCC4(CC(OCc5c(-c6c(Cl)cccc6Cl)noc5C5CC5c5ccc(Cl)c(-c6noc(C7CC7)c6COC6CC7(C6)C[C@@H](C)N(c6nc8ccc(C(=O)O)cc8s6)C7)c5Cl)C4)C3)nc12. The largest absolute Gasteiger partial charge is 0.494 e. The van der Waals surface area contributed by atoms with E-state index in [1.54, 1.807) is 53.8 Å². The van der Waals surface area contributed by atoms with Crippen LogP contribution in [0.25, 0.3) is 42.9 Å². The Morgan fingerprint density at radius 1 is 0.734 bits per heavy atom. The van der Waals surface area contributed by atoms with Gasteiger partial charge in [0.2, 0.25) is 0 Å². The zero-order valence-corrected chi connectivity index (χ0v) is 47.6. The average molecular weight is 1180 g/mol. The molecule has 6 heterocycles. The van der Waals surface area contributed by atoms with E-state index in [0.29, 0.717) is 66.2 Å². The van der Waals surface area contributed by atoms with Crippen molar-refractivity contribution < 1.29 is 43.1 Å². The number of carboxylic acid groups (broad SMARTS) is 2. The van der Waals surface area contributed by atoms with Crippen molar-refractivity contribution in [3.63, 3.8) is 0 Å². The lowest BCUT2D eigenvalue weighted by molar-refractivity contribution is -0.0805. The number of aromatic carboxylic acids is 2. The quantitative estimate of drug-likeness (QED) is 0.0930. The number of ether oxygens (including phenoxy) is 3. The summed E-state index contributed by atoms with van der Waals surface area (Å²) in [7, 11) is 1.53. The van der Waals surface area contributed by atoms with Gasteiger partial charge in [-0.1, -0.05) is 91.5 Å². The molecule has 2 N–H and O–H groups in total. The molecule has 2 saturated heterocycles. The van der Waals surface area contributed by atoms with Gasteiger partial charge >= 0.3 is 11.9 Å².